The topological polar surface area (TPSA) is 38.3 Å². The van der Waals surface area contributed by atoms with Crippen LogP contribution in [-0.2, 0) is 9.53 Å². The normalized spacial score (nSPS) is 30.8. The van der Waals surface area contributed by atoms with Crippen LogP contribution in [0, 0.1) is 5.92 Å². The molecule has 0 aromatic rings. The Labute approximate surface area is 127 Å². The van der Waals surface area contributed by atoms with Crippen LogP contribution < -0.4 is 5.32 Å². The molecule has 2 aliphatic carbocycles. The Morgan fingerprint density at radius 1 is 1.30 bits per heavy atom. The largest absolute Gasteiger partial charge is 0.465 e. The monoisotopic (exact) mass is 299 g/mol. The molecule has 2 fully saturated rings. The minimum atomic E-state index is -0.410. The zero-order valence-electron chi connectivity index (χ0n) is 13.0. The number of ether oxygens (including phenoxy) is 1. The summed E-state index contributed by atoms with van der Waals surface area (Å²) in [6.07, 6.45) is 9.97. The van der Waals surface area contributed by atoms with Crippen LogP contribution in [0.1, 0.15) is 58.3 Å². The molecule has 4 heteroatoms. The van der Waals surface area contributed by atoms with Crippen molar-refractivity contribution in [3.63, 3.8) is 0 Å². The van der Waals surface area contributed by atoms with Crippen LogP contribution >= 0.6 is 11.8 Å². The van der Waals surface area contributed by atoms with Crippen LogP contribution in [0.15, 0.2) is 0 Å². The van der Waals surface area contributed by atoms with Crippen LogP contribution in [0.5, 0.6) is 0 Å². The summed E-state index contributed by atoms with van der Waals surface area (Å²) >= 11 is 2.13. The molecule has 0 saturated heterocycles. The van der Waals surface area contributed by atoms with Crippen molar-refractivity contribution in [3.8, 4) is 0 Å². The number of thioether (sulfide) groups is 1. The Balaban J connectivity index is 1.85. The molecule has 0 spiro atoms. The molecule has 0 heterocycles. The van der Waals surface area contributed by atoms with E-state index >= 15 is 0 Å². The summed E-state index contributed by atoms with van der Waals surface area (Å²) in [5, 5.41) is 4.18. The highest BCUT2D eigenvalue weighted by atomic mass is 32.2. The third-order valence-electron chi connectivity index (χ3n) is 5.03. The van der Waals surface area contributed by atoms with Crippen LogP contribution in [0.2, 0.25) is 0 Å². The van der Waals surface area contributed by atoms with E-state index in [1.54, 1.807) is 0 Å². The summed E-state index contributed by atoms with van der Waals surface area (Å²) in [5.74, 6) is 1.61. The summed E-state index contributed by atoms with van der Waals surface area (Å²) in [6, 6.07) is 0. The van der Waals surface area contributed by atoms with Gasteiger partial charge in [0, 0.05) is 5.25 Å². The molecule has 2 atom stereocenters. The van der Waals surface area contributed by atoms with E-state index in [2.05, 4.69) is 17.1 Å². The van der Waals surface area contributed by atoms with Crippen LogP contribution in [0.4, 0.5) is 0 Å². The van der Waals surface area contributed by atoms with Crippen molar-refractivity contribution in [3.05, 3.63) is 0 Å². The van der Waals surface area contributed by atoms with Crippen molar-refractivity contribution < 1.29 is 9.53 Å². The number of rotatable bonds is 7. The highest BCUT2D eigenvalue weighted by Gasteiger charge is 2.48. The van der Waals surface area contributed by atoms with Crippen molar-refractivity contribution in [1.29, 1.82) is 0 Å². The summed E-state index contributed by atoms with van der Waals surface area (Å²) in [7, 11) is 1.92. The van der Waals surface area contributed by atoms with E-state index in [1.165, 1.54) is 31.4 Å². The zero-order chi connectivity index (χ0) is 14.4. The summed E-state index contributed by atoms with van der Waals surface area (Å²) in [4.78, 5) is 12.3. The maximum absolute atomic E-state index is 12.3. The van der Waals surface area contributed by atoms with Gasteiger partial charge in [-0.3, -0.25) is 4.79 Å². The molecule has 116 valence electrons. The molecule has 2 saturated carbocycles. The molecule has 2 aliphatic rings. The lowest BCUT2D eigenvalue weighted by Gasteiger charge is -2.33. The minimum Gasteiger partial charge on any atom is -0.465 e. The van der Waals surface area contributed by atoms with Gasteiger partial charge in [-0.1, -0.05) is 19.3 Å². The maximum Gasteiger partial charge on any atom is 0.326 e. The van der Waals surface area contributed by atoms with E-state index in [9.17, 15) is 4.79 Å². The molecule has 0 bridgehead atoms. The van der Waals surface area contributed by atoms with E-state index in [0.717, 1.165) is 30.9 Å². The molecule has 0 aromatic heterocycles. The lowest BCUT2D eigenvalue weighted by Crippen LogP contribution is -2.54. The third kappa shape index (κ3) is 3.51. The lowest BCUT2D eigenvalue weighted by molar-refractivity contribution is -0.152. The molecular weight excluding hydrogens is 270 g/mol. The standard InChI is InChI=1S/C16H29NO2S/c1-3-19-15(18)16(17-2)11-6-7-13(16)10-12-20-14-8-4-5-9-14/h13-14,17H,3-12H2,1-2H3. The van der Waals surface area contributed by atoms with Gasteiger partial charge in [0.2, 0.25) is 0 Å². The smallest absolute Gasteiger partial charge is 0.326 e. The predicted molar refractivity (Wildman–Crippen MR) is 85.1 cm³/mol. The van der Waals surface area contributed by atoms with Crippen LogP contribution in [0.25, 0.3) is 0 Å². The van der Waals surface area contributed by atoms with Gasteiger partial charge < -0.3 is 10.1 Å². The van der Waals surface area contributed by atoms with Crippen molar-refractivity contribution >= 4 is 17.7 Å². The quantitative estimate of drug-likeness (QED) is 0.732. The summed E-state index contributed by atoms with van der Waals surface area (Å²) in [5.41, 5.74) is -0.410. The number of carbonyl (C=O) groups is 1. The summed E-state index contributed by atoms with van der Waals surface area (Å²) < 4.78 is 5.32. The molecule has 0 aromatic carbocycles. The van der Waals surface area contributed by atoms with Gasteiger partial charge in [-0.15, -0.1) is 0 Å². The average Bonchev–Trinajstić information content (AvgIpc) is 3.09. The molecule has 2 rings (SSSR count). The fourth-order valence-electron chi connectivity index (χ4n) is 3.86. The fourth-order valence-corrected chi connectivity index (χ4v) is 5.28. The molecule has 1 N–H and O–H groups in total. The highest BCUT2D eigenvalue weighted by Crippen LogP contribution is 2.40. The van der Waals surface area contributed by atoms with E-state index in [1.807, 2.05) is 14.0 Å². The molecule has 0 aliphatic heterocycles. The number of hydrogen-bond acceptors (Lipinski definition) is 4. The van der Waals surface area contributed by atoms with Gasteiger partial charge in [-0.25, -0.2) is 0 Å². The maximum atomic E-state index is 12.3. The summed E-state index contributed by atoms with van der Waals surface area (Å²) in [6.45, 7) is 2.37. The highest BCUT2D eigenvalue weighted by molar-refractivity contribution is 7.99. The first-order valence-electron chi connectivity index (χ1n) is 8.20. The average molecular weight is 299 g/mol. The number of likely N-dealkylation sites (N-methyl/N-ethyl adjacent to an activating group) is 1. The second kappa shape index (κ2) is 7.69. The van der Waals surface area contributed by atoms with E-state index in [0.29, 0.717) is 12.5 Å². The van der Waals surface area contributed by atoms with Gasteiger partial charge in [0.25, 0.3) is 0 Å². The van der Waals surface area contributed by atoms with Crippen LogP contribution in [0.3, 0.4) is 0 Å². The molecular formula is C16H29NO2S. The second-order valence-electron chi connectivity index (χ2n) is 6.10. The van der Waals surface area contributed by atoms with Gasteiger partial charge in [0.15, 0.2) is 0 Å². The lowest BCUT2D eigenvalue weighted by atomic mass is 9.85. The van der Waals surface area contributed by atoms with Gasteiger partial charge >= 0.3 is 5.97 Å². The first-order chi connectivity index (χ1) is 9.73. The zero-order valence-corrected chi connectivity index (χ0v) is 13.8. The molecule has 2 unspecified atom stereocenters. The third-order valence-corrected chi connectivity index (χ3v) is 6.44. The Morgan fingerprint density at radius 3 is 2.70 bits per heavy atom. The van der Waals surface area contributed by atoms with Gasteiger partial charge in [-0.2, -0.15) is 11.8 Å². The number of hydrogen-bond donors (Lipinski definition) is 1. The second-order valence-corrected chi connectivity index (χ2v) is 7.51. The first kappa shape index (κ1) is 16.2. The van der Waals surface area contributed by atoms with Crippen molar-refractivity contribution in [2.75, 3.05) is 19.4 Å². The van der Waals surface area contributed by atoms with Crippen LogP contribution in [-0.4, -0.2) is 36.2 Å². The Kier molecular flexibility index (Phi) is 6.21. The van der Waals surface area contributed by atoms with Gasteiger partial charge in [-0.05, 0) is 57.7 Å². The Bertz CT molecular complexity index is 318. The Hall–Kier alpha value is -0.220. The molecule has 0 radical (unpaired) electrons. The van der Waals surface area contributed by atoms with E-state index in [4.69, 9.17) is 4.74 Å². The Morgan fingerprint density at radius 2 is 2.05 bits per heavy atom. The van der Waals surface area contributed by atoms with Crippen molar-refractivity contribution in [2.24, 2.45) is 5.92 Å². The van der Waals surface area contributed by atoms with Gasteiger partial charge in [0.05, 0.1) is 6.61 Å². The number of carbonyl (C=O) groups excluding carboxylic acids is 1. The molecule has 20 heavy (non-hydrogen) atoms. The van der Waals surface area contributed by atoms with E-state index < -0.39 is 5.54 Å². The molecule has 3 nitrogen and oxygen atoms in total. The predicted octanol–water partition coefficient (Wildman–Crippen LogP) is 3.37. The molecule has 0 amide bonds. The van der Waals surface area contributed by atoms with Crippen molar-refractivity contribution in [1.82, 2.24) is 5.32 Å². The SMILES string of the molecule is CCOC(=O)C1(NC)CCCC1CCSC1CCCC1. The number of esters is 1. The first-order valence-corrected chi connectivity index (χ1v) is 9.25. The van der Waals surface area contributed by atoms with Crippen molar-refractivity contribution in [2.45, 2.75) is 69.1 Å². The number of nitrogens with one attached hydrogen (secondary N) is 1. The van der Waals surface area contributed by atoms with E-state index in [-0.39, 0.29) is 5.97 Å². The van der Waals surface area contributed by atoms with Gasteiger partial charge in [0.1, 0.15) is 5.54 Å². The minimum absolute atomic E-state index is 0.0316. The fraction of sp³-hybridized carbons (Fsp3) is 0.938.